The van der Waals surface area contributed by atoms with Gasteiger partial charge in [0.05, 0.1) is 5.56 Å². The van der Waals surface area contributed by atoms with Gasteiger partial charge in [-0.05, 0) is 55.5 Å². The van der Waals surface area contributed by atoms with Gasteiger partial charge in [0.25, 0.3) is 0 Å². The molecule has 0 amide bonds. The SMILES string of the molecule is Cc1nnc(-c2ccc(OC(=O)c3ccc(O)cc3)cc2)s1. The molecule has 0 saturated heterocycles. The third-order valence-electron chi connectivity index (χ3n) is 2.94. The molecule has 0 aliphatic carbocycles. The van der Waals surface area contributed by atoms with Crippen LogP contribution >= 0.6 is 11.3 Å². The third-order valence-corrected chi connectivity index (χ3v) is 3.83. The Labute approximate surface area is 130 Å². The summed E-state index contributed by atoms with van der Waals surface area (Å²) >= 11 is 1.51. The highest BCUT2D eigenvalue weighted by Gasteiger charge is 2.09. The number of aromatic hydroxyl groups is 1. The number of aromatic nitrogens is 2. The lowest BCUT2D eigenvalue weighted by Crippen LogP contribution is -2.07. The minimum Gasteiger partial charge on any atom is -0.508 e. The molecule has 110 valence electrons. The maximum Gasteiger partial charge on any atom is 0.343 e. The monoisotopic (exact) mass is 312 g/mol. The zero-order valence-electron chi connectivity index (χ0n) is 11.7. The molecule has 0 radical (unpaired) electrons. The van der Waals surface area contributed by atoms with Crippen molar-refractivity contribution in [2.24, 2.45) is 0 Å². The number of benzene rings is 2. The van der Waals surface area contributed by atoms with E-state index in [1.165, 1.54) is 35.6 Å². The number of nitrogens with zero attached hydrogens (tertiary/aromatic N) is 2. The first-order valence-electron chi connectivity index (χ1n) is 6.53. The number of aryl methyl sites for hydroxylation is 1. The first kappa shape index (κ1) is 14.2. The summed E-state index contributed by atoms with van der Waals surface area (Å²) < 4.78 is 5.28. The zero-order valence-corrected chi connectivity index (χ0v) is 12.5. The summed E-state index contributed by atoms with van der Waals surface area (Å²) in [5, 5.41) is 19.0. The summed E-state index contributed by atoms with van der Waals surface area (Å²) in [6.07, 6.45) is 0. The van der Waals surface area contributed by atoms with Crippen LogP contribution < -0.4 is 4.74 Å². The number of ether oxygens (including phenoxy) is 1. The molecular weight excluding hydrogens is 300 g/mol. The van der Waals surface area contributed by atoms with Gasteiger partial charge in [0.1, 0.15) is 21.5 Å². The van der Waals surface area contributed by atoms with Gasteiger partial charge in [0.15, 0.2) is 0 Å². The molecule has 0 aliphatic rings. The van der Waals surface area contributed by atoms with Crippen LogP contribution in [0, 0.1) is 6.92 Å². The van der Waals surface area contributed by atoms with E-state index in [1.807, 2.05) is 19.1 Å². The molecule has 0 saturated carbocycles. The van der Waals surface area contributed by atoms with Crippen molar-refractivity contribution in [1.29, 1.82) is 0 Å². The Morgan fingerprint density at radius 3 is 2.32 bits per heavy atom. The maximum absolute atomic E-state index is 12.0. The minimum absolute atomic E-state index is 0.105. The Hall–Kier alpha value is -2.73. The van der Waals surface area contributed by atoms with Crippen LogP contribution in [-0.2, 0) is 0 Å². The lowest BCUT2D eigenvalue weighted by atomic mass is 10.2. The number of hydrogen-bond donors (Lipinski definition) is 1. The minimum atomic E-state index is -0.473. The van der Waals surface area contributed by atoms with Crippen molar-refractivity contribution in [3.8, 4) is 22.1 Å². The lowest BCUT2D eigenvalue weighted by molar-refractivity contribution is 0.0735. The number of carbonyl (C=O) groups is 1. The lowest BCUT2D eigenvalue weighted by Gasteiger charge is -2.05. The van der Waals surface area contributed by atoms with Crippen LogP contribution in [-0.4, -0.2) is 21.3 Å². The average molecular weight is 312 g/mol. The number of hydrogen-bond acceptors (Lipinski definition) is 6. The Morgan fingerprint density at radius 1 is 1.05 bits per heavy atom. The first-order valence-corrected chi connectivity index (χ1v) is 7.35. The Bertz CT molecular complexity index is 795. The fraction of sp³-hybridized carbons (Fsp3) is 0.0625. The molecule has 22 heavy (non-hydrogen) atoms. The van der Waals surface area contributed by atoms with Crippen LogP contribution in [0.15, 0.2) is 48.5 Å². The molecule has 2 aromatic carbocycles. The van der Waals surface area contributed by atoms with Gasteiger partial charge in [-0.15, -0.1) is 10.2 Å². The molecule has 0 bridgehead atoms. The van der Waals surface area contributed by atoms with Crippen LogP contribution in [0.3, 0.4) is 0 Å². The second-order valence-electron chi connectivity index (χ2n) is 4.59. The van der Waals surface area contributed by atoms with E-state index in [2.05, 4.69) is 10.2 Å². The van der Waals surface area contributed by atoms with E-state index in [-0.39, 0.29) is 5.75 Å². The Morgan fingerprint density at radius 2 is 1.73 bits per heavy atom. The second kappa shape index (κ2) is 5.95. The number of rotatable bonds is 3. The summed E-state index contributed by atoms with van der Waals surface area (Å²) in [6, 6.07) is 13.0. The van der Waals surface area contributed by atoms with E-state index >= 15 is 0 Å². The molecule has 6 heteroatoms. The topological polar surface area (TPSA) is 72.3 Å². The fourth-order valence-corrected chi connectivity index (χ4v) is 2.54. The van der Waals surface area contributed by atoms with Gasteiger partial charge in [-0.25, -0.2) is 4.79 Å². The number of phenols is 1. The van der Waals surface area contributed by atoms with Gasteiger partial charge >= 0.3 is 5.97 Å². The second-order valence-corrected chi connectivity index (χ2v) is 5.77. The standard InChI is InChI=1S/C16H12N2O3S/c1-10-17-18-15(22-10)11-4-8-14(9-5-11)21-16(20)12-2-6-13(19)7-3-12/h2-9,19H,1H3. The quantitative estimate of drug-likeness (QED) is 0.592. The van der Waals surface area contributed by atoms with Gasteiger partial charge in [0.2, 0.25) is 0 Å². The third kappa shape index (κ3) is 3.12. The van der Waals surface area contributed by atoms with Crippen LogP contribution in [0.4, 0.5) is 0 Å². The molecule has 3 aromatic rings. The van der Waals surface area contributed by atoms with E-state index in [9.17, 15) is 9.90 Å². The van der Waals surface area contributed by atoms with Crippen LogP contribution in [0.25, 0.3) is 10.6 Å². The van der Waals surface area contributed by atoms with Gasteiger partial charge in [-0.3, -0.25) is 0 Å². The zero-order chi connectivity index (χ0) is 15.5. The molecule has 0 spiro atoms. The fourth-order valence-electron chi connectivity index (χ4n) is 1.84. The Balaban J connectivity index is 1.73. The molecule has 1 N–H and O–H groups in total. The average Bonchev–Trinajstić information content (AvgIpc) is 2.95. The van der Waals surface area contributed by atoms with Crippen molar-refractivity contribution < 1.29 is 14.6 Å². The predicted molar refractivity (Wildman–Crippen MR) is 83.1 cm³/mol. The summed E-state index contributed by atoms with van der Waals surface area (Å²) in [7, 11) is 0. The molecule has 0 atom stereocenters. The van der Waals surface area contributed by atoms with Crippen molar-refractivity contribution in [3.63, 3.8) is 0 Å². The molecule has 0 aliphatic heterocycles. The van der Waals surface area contributed by atoms with Crippen LogP contribution in [0.5, 0.6) is 11.5 Å². The van der Waals surface area contributed by atoms with Crippen molar-refractivity contribution >= 4 is 17.3 Å². The van der Waals surface area contributed by atoms with E-state index in [0.717, 1.165) is 15.6 Å². The molecule has 0 fully saturated rings. The molecular formula is C16H12N2O3S. The molecule has 3 rings (SSSR count). The molecule has 0 unspecified atom stereocenters. The molecule has 1 aromatic heterocycles. The van der Waals surface area contributed by atoms with E-state index < -0.39 is 5.97 Å². The van der Waals surface area contributed by atoms with Crippen molar-refractivity contribution in [1.82, 2.24) is 10.2 Å². The highest BCUT2D eigenvalue weighted by Crippen LogP contribution is 2.25. The van der Waals surface area contributed by atoms with Crippen molar-refractivity contribution in [3.05, 3.63) is 59.1 Å². The van der Waals surface area contributed by atoms with Gasteiger partial charge < -0.3 is 9.84 Å². The molecule has 5 nitrogen and oxygen atoms in total. The smallest absolute Gasteiger partial charge is 0.343 e. The number of carbonyl (C=O) groups excluding carboxylic acids is 1. The number of esters is 1. The predicted octanol–water partition coefficient (Wildman–Crippen LogP) is 3.44. The highest BCUT2D eigenvalue weighted by atomic mass is 32.1. The molecule has 1 heterocycles. The normalized spacial score (nSPS) is 10.4. The van der Waals surface area contributed by atoms with E-state index in [1.54, 1.807) is 12.1 Å². The maximum atomic E-state index is 12.0. The first-order chi connectivity index (χ1) is 10.6. The van der Waals surface area contributed by atoms with Gasteiger partial charge in [0, 0.05) is 5.56 Å². The largest absolute Gasteiger partial charge is 0.508 e. The van der Waals surface area contributed by atoms with Crippen molar-refractivity contribution in [2.75, 3.05) is 0 Å². The highest BCUT2D eigenvalue weighted by molar-refractivity contribution is 7.14. The van der Waals surface area contributed by atoms with E-state index in [4.69, 9.17) is 4.74 Å². The van der Waals surface area contributed by atoms with Gasteiger partial charge in [-0.2, -0.15) is 0 Å². The summed E-state index contributed by atoms with van der Waals surface area (Å²) in [4.78, 5) is 12.0. The van der Waals surface area contributed by atoms with Crippen molar-refractivity contribution in [2.45, 2.75) is 6.92 Å². The Kier molecular flexibility index (Phi) is 3.84. The van der Waals surface area contributed by atoms with E-state index in [0.29, 0.717) is 11.3 Å². The summed E-state index contributed by atoms with van der Waals surface area (Å²) in [6.45, 7) is 1.90. The summed E-state index contributed by atoms with van der Waals surface area (Å²) in [5.74, 6) is 0.0795. The number of phenolic OH excluding ortho intramolecular Hbond substituents is 1. The van der Waals surface area contributed by atoms with Crippen LogP contribution in [0.2, 0.25) is 0 Å². The van der Waals surface area contributed by atoms with Gasteiger partial charge in [-0.1, -0.05) is 11.3 Å². The van der Waals surface area contributed by atoms with Crippen LogP contribution in [0.1, 0.15) is 15.4 Å². The summed E-state index contributed by atoms with van der Waals surface area (Å²) in [5.41, 5.74) is 1.30.